The molecule has 1 aliphatic heterocycles. The molecule has 37 heavy (non-hydrogen) atoms. The van der Waals surface area contributed by atoms with E-state index in [1.54, 1.807) is 50.8 Å². The van der Waals surface area contributed by atoms with Crippen LogP contribution in [0, 0.1) is 0 Å². The molecular weight excluding hydrogens is 560 g/mol. The summed E-state index contributed by atoms with van der Waals surface area (Å²) in [6.45, 7) is 6.02. The van der Waals surface area contributed by atoms with Crippen LogP contribution in [0.1, 0.15) is 37.9 Å². The highest BCUT2D eigenvalue weighted by molar-refractivity contribution is 9.10. The third kappa shape index (κ3) is 5.08. The van der Waals surface area contributed by atoms with Gasteiger partial charge in [0.1, 0.15) is 11.8 Å². The monoisotopic (exact) mass is 586 g/mol. The van der Waals surface area contributed by atoms with Crippen molar-refractivity contribution in [3.05, 3.63) is 83.0 Å². The van der Waals surface area contributed by atoms with Gasteiger partial charge in [-0.1, -0.05) is 45.5 Å². The van der Waals surface area contributed by atoms with Crippen molar-refractivity contribution in [1.82, 2.24) is 4.57 Å². The van der Waals surface area contributed by atoms with E-state index < -0.39 is 12.0 Å². The summed E-state index contributed by atoms with van der Waals surface area (Å²) in [7, 11) is 3.12. The molecule has 0 fully saturated rings. The highest BCUT2D eigenvalue weighted by Gasteiger charge is 2.35. The minimum atomic E-state index is -0.756. The molecule has 0 radical (unpaired) electrons. The number of ether oxygens (including phenoxy) is 4. The van der Waals surface area contributed by atoms with Crippen molar-refractivity contribution in [3.8, 4) is 17.2 Å². The van der Waals surface area contributed by atoms with Gasteiger partial charge in [-0.3, -0.25) is 9.36 Å². The maximum absolute atomic E-state index is 13.9. The van der Waals surface area contributed by atoms with Gasteiger partial charge >= 0.3 is 5.97 Å². The second-order valence-electron chi connectivity index (χ2n) is 8.00. The molecule has 1 atom stereocenters. The zero-order chi connectivity index (χ0) is 26.7. The SMILES string of the molecule is CCOC(=O)C1=C(C)N=c2s/c(=C\c3cc(OC)c(OC)cc3Br)c(=O)n2[C@@H]1c1ccccc1OCC. The highest BCUT2D eigenvalue weighted by atomic mass is 79.9. The Kier molecular flexibility index (Phi) is 8.19. The molecule has 0 aliphatic carbocycles. The van der Waals surface area contributed by atoms with E-state index >= 15 is 0 Å². The van der Waals surface area contributed by atoms with Crippen LogP contribution >= 0.6 is 27.3 Å². The molecule has 194 valence electrons. The zero-order valence-corrected chi connectivity index (χ0v) is 23.6. The number of carbonyl (C=O) groups excluding carboxylic acids is 1. The number of nitrogens with zero attached hydrogens (tertiary/aromatic N) is 2. The smallest absolute Gasteiger partial charge is 0.338 e. The fourth-order valence-corrected chi connectivity index (χ4v) is 5.68. The minimum absolute atomic E-state index is 0.202. The van der Waals surface area contributed by atoms with E-state index in [9.17, 15) is 9.59 Å². The van der Waals surface area contributed by atoms with Crippen LogP contribution in [0.3, 0.4) is 0 Å². The number of allylic oxidation sites excluding steroid dienone is 1. The molecule has 1 aliphatic rings. The first kappa shape index (κ1) is 26.7. The molecule has 2 heterocycles. The van der Waals surface area contributed by atoms with Gasteiger partial charge in [-0.2, -0.15) is 0 Å². The summed E-state index contributed by atoms with van der Waals surface area (Å²) < 4.78 is 24.8. The molecule has 0 saturated carbocycles. The standard InChI is InChI=1S/C27H27BrN2O6S/c1-6-35-19-11-9-8-10-17(19)24-23(26(32)36-7-2)15(3)29-27-30(24)25(31)22(37-27)13-16-12-20(33-4)21(34-5)14-18(16)28/h8-14,24H,6-7H2,1-5H3/b22-13-/t24-/m1/s1. The Labute approximate surface area is 226 Å². The maximum Gasteiger partial charge on any atom is 0.338 e. The second kappa shape index (κ2) is 11.4. The van der Waals surface area contributed by atoms with Crippen molar-refractivity contribution in [2.24, 2.45) is 4.99 Å². The van der Waals surface area contributed by atoms with Gasteiger partial charge < -0.3 is 18.9 Å². The number of esters is 1. The maximum atomic E-state index is 13.9. The predicted molar refractivity (Wildman–Crippen MR) is 145 cm³/mol. The number of rotatable bonds is 8. The Morgan fingerprint density at radius 1 is 1.11 bits per heavy atom. The Hall–Kier alpha value is -3.37. The van der Waals surface area contributed by atoms with Crippen LogP contribution in [0.2, 0.25) is 0 Å². The van der Waals surface area contributed by atoms with Crippen molar-refractivity contribution in [2.75, 3.05) is 27.4 Å². The molecule has 0 N–H and O–H groups in total. The summed E-state index contributed by atoms with van der Waals surface area (Å²) in [5.74, 6) is 1.17. The lowest BCUT2D eigenvalue weighted by molar-refractivity contribution is -0.139. The second-order valence-corrected chi connectivity index (χ2v) is 9.87. The van der Waals surface area contributed by atoms with Crippen LogP contribution in [0.4, 0.5) is 0 Å². The lowest BCUT2D eigenvalue weighted by Crippen LogP contribution is -2.40. The number of thiazole rings is 1. The number of fused-ring (bicyclic) bond motifs is 1. The molecule has 10 heteroatoms. The molecule has 1 aromatic heterocycles. The average molecular weight is 587 g/mol. The first-order chi connectivity index (χ1) is 17.8. The van der Waals surface area contributed by atoms with Gasteiger partial charge in [0.05, 0.1) is 43.2 Å². The van der Waals surface area contributed by atoms with Crippen LogP contribution < -0.4 is 29.1 Å². The number of benzene rings is 2. The van der Waals surface area contributed by atoms with Gasteiger partial charge in [-0.25, -0.2) is 9.79 Å². The average Bonchev–Trinajstić information content (AvgIpc) is 3.19. The molecule has 2 aromatic carbocycles. The molecule has 0 bridgehead atoms. The third-order valence-corrected chi connectivity index (χ3v) is 7.49. The molecule has 0 saturated heterocycles. The van der Waals surface area contributed by atoms with Crippen molar-refractivity contribution < 1.29 is 23.7 Å². The molecule has 4 rings (SSSR count). The minimum Gasteiger partial charge on any atom is -0.494 e. The first-order valence-corrected chi connectivity index (χ1v) is 13.3. The first-order valence-electron chi connectivity index (χ1n) is 11.7. The summed E-state index contributed by atoms with van der Waals surface area (Å²) >= 11 is 4.80. The Bertz CT molecular complexity index is 1560. The lowest BCUT2D eigenvalue weighted by atomic mass is 9.95. The van der Waals surface area contributed by atoms with E-state index in [1.807, 2.05) is 31.2 Å². The van der Waals surface area contributed by atoms with E-state index in [1.165, 1.54) is 11.3 Å². The molecule has 0 amide bonds. The Morgan fingerprint density at radius 2 is 1.81 bits per heavy atom. The fraction of sp³-hybridized carbons (Fsp3) is 0.296. The predicted octanol–water partition coefficient (Wildman–Crippen LogP) is 3.98. The van der Waals surface area contributed by atoms with Crippen LogP contribution in [0.25, 0.3) is 6.08 Å². The Morgan fingerprint density at radius 3 is 2.49 bits per heavy atom. The quantitative estimate of drug-likeness (QED) is 0.371. The van der Waals surface area contributed by atoms with Gasteiger partial charge in [0, 0.05) is 10.0 Å². The molecular formula is C27H27BrN2O6S. The van der Waals surface area contributed by atoms with Gasteiger partial charge in [0.15, 0.2) is 16.3 Å². The molecule has 8 nitrogen and oxygen atoms in total. The van der Waals surface area contributed by atoms with Gasteiger partial charge in [-0.15, -0.1) is 0 Å². The highest BCUT2D eigenvalue weighted by Crippen LogP contribution is 2.36. The fourth-order valence-electron chi connectivity index (χ4n) is 4.20. The van der Waals surface area contributed by atoms with Crippen LogP contribution in [0.5, 0.6) is 17.2 Å². The van der Waals surface area contributed by atoms with Gasteiger partial charge in [0.2, 0.25) is 0 Å². The van der Waals surface area contributed by atoms with Crippen molar-refractivity contribution in [3.63, 3.8) is 0 Å². The number of aromatic nitrogens is 1. The largest absolute Gasteiger partial charge is 0.494 e. The number of hydrogen-bond donors (Lipinski definition) is 0. The summed E-state index contributed by atoms with van der Waals surface area (Å²) in [5, 5.41) is 0. The van der Waals surface area contributed by atoms with E-state index in [0.29, 0.717) is 50.0 Å². The number of methoxy groups -OCH3 is 2. The van der Waals surface area contributed by atoms with Crippen molar-refractivity contribution in [2.45, 2.75) is 26.8 Å². The third-order valence-electron chi connectivity index (χ3n) is 5.82. The van der Waals surface area contributed by atoms with Crippen LogP contribution in [0.15, 0.2) is 61.9 Å². The topological polar surface area (TPSA) is 88.4 Å². The van der Waals surface area contributed by atoms with Gasteiger partial charge in [0.25, 0.3) is 5.56 Å². The van der Waals surface area contributed by atoms with E-state index in [0.717, 1.165) is 10.0 Å². The van der Waals surface area contributed by atoms with E-state index in [4.69, 9.17) is 18.9 Å². The summed E-state index contributed by atoms with van der Waals surface area (Å²) in [6, 6.07) is 10.2. The number of hydrogen-bond acceptors (Lipinski definition) is 8. The summed E-state index contributed by atoms with van der Waals surface area (Å²) in [6.07, 6.45) is 1.77. The number of para-hydroxylation sites is 1. The Balaban J connectivity index is 1.98. The van der Waals surface area contributed by atoms with Crippen LogP contribution in [-0.2, 0) is 9.53 Å². The summed E-state index contributed by atoms with van der Waals surface area (Å²) in [4.78, 5) is 32.1. The summed E-state index contributed by atoms with van der Waals surface area (Å²) in [5.41, 5.74) is 1.93. The lowest BCUT2D eigenvalue weighted by Gasteiger charge is -2.26. The van der Waals surface area contributed by atoms with Crippen molar-refractivity contribution >= 4 is 39.3 Å². The zero-order valence-electron chi connectivity index (χ0n) is 21.2. The van der Waals surface area contributed by atoms with Gasteiger partial charge in [-0.05, 0) is 50.6 Å². The number of carbonyl (C=O) groups is 1. The van der Waals surface area contributed by atoms with Crippen molar-refractivity contribution in [1.29, 1.82) is 0 Å². The van der Waals surface area contributed by atoms with Crippen LogP contribution in [-0.4, -0.2) is 38.0 Å². The molecule has 0 spiro atoms. The number of halogens is 1. The molecule has 3 aromatic rings. The van der Waals surface area contributed by atoms with E-state index in [2.05, 4.69) is 20.9 Å². The van der Waals surface area contributed by atoms with E-state index in [-0.39, 0.29) is 12.2 Å². The molecule has 0 unspecified atom stereocenters. The normalized spacial score (nSPS) is 15.2.